The predicted molar refractivity (Wildman–Crippen MR) is 156 cm³/mol. The van der Waals surface area contributed by atoms with Crippen LogP contribution in [0.1, 0.15) is 34.0 Å². The minimum absolute atomic E-state index is 0.157. The van der Waals surface area contributed by atoms with Crippen molar-refractivity contribution in [1.29, 1.82) is 0 Å². The summed E-state index contributed by atoms with van der Waals surface area (Å²) >= 11 is 6.95. The van der Waals surface area contributed by atoms with E-state index in [1.54, 1.807) is 36.4 Å². The summed E-state index contributed by atoms with van der Waals surface area (Å²) in [5.74, 6) is 0.754. The van der Waals surface area contributed by atoms with Crippen LogP contribution in [0.3, 0.4) is 0 Å². The summed E-state index contributed by atoms with van der Waals surface area (Å²) < 4.78 is 32.6. The summed E-state index contributed by atoms with van der Waals surface area (Å²) in [6.45, 7) is 2.82. The SMILES string of the molecule is CCOc1cc(C(=O)N/N=C/c2cc(Br)cc(Br)c2OCc2cccc(F)c2)ccc1OCc1ccccc1. The molecule has 0 fully saturated rings. The van der Waals surface area contributed by atoms with E-state index in [2.05, 4.69) is 42.4 Å². The molecule has 1 amide bonds. The molecule has 0 aromatic heterocycles. The summed E-state index contributed by atoms with van der Waals surface area (Å²) in [6, 6.07) is 24.6. The number of carbonyl (C=O) groups excluding carboxylic acids is 1. The van der Waals surface area contributed by atoms with Crippen molar-refractivity contribution in [2.45, 2.75) is 20.1 Å². The number of halogens is 3. The van der Waals surface area contributed by atoms with Gasteiger partial charge < -0.3 is 14.2 Å². The monoisotopic (exact) mass is 654 g/mol. The molecule has 39 heavy (non-hydrogen) atoms. The average molecular weight is 656 g/mol. The fraction of sp³-hybridized carbons (Fsp3) is 0.133. The van der Waals surface area contributed by atoms with Gasteiger partial charge in [0.25, 0.3) is 5.91 Å². The second-order valence-electron chi connectivity index (χ2n) is 8.29. The summed E-state index contributed by atoms with van der Waals surface area (Å²) in [5, 5.41) is 4.13. The first-order valence-corrected chi connectivity index (χ1v) is 13.6. The molecular formula is C30H25Br2FN2O4. The molecule has 9 heteroatoms. The van der Waals surface area contributed by atoms with Crippen LogP contribution < -0.4 is 19.6 Å². The molecule has 6 nitrogen and oxygen atoms in total. The first-order valence-electron chi connectivity index (χ1n) is 12.1. The minimum atomic E-state index is -0.418. The molecule has 0 aliphatic rings. The van der Waals surface area contributed by atoms with E-state index >= 15 is 0 Å². The molecule has 4 rings (SSSR count). The molecule has 0 aliphatic heterocycles. The van der Waals surface area contributed by atoms with Gasteiger partial charge in [0.1, 0.15) is 24.8 Å². The zero-order valence-electron chi connectivity index (χ0n) is 21.0. The van der Waals surface area contributed by atoms with Crippen LogP contribution in [-0.2, 0) is 13.2 Å². The largest absolute Gasteiger partial charge is 0.490 e. The van der Waals surface area contributed by atoms with E-state index in [-0.39, 0.29) is 12.4 Å². The van der Waals surface area contributed by atoms with E-state index in [0.717, 1.165) is 10.0 Å². The molecule has 4 aromatic rings. The van der Waals surface area contributed by atoms with Crippen LogP contribution in [-0.4, -0.2) is 18.7 Å². The lowest BCUT2D eigenvalue weighted by Crippen LogP contribution is -2.18. The Morgan fingerprint density at radius 2 is 1.64 bits per heavy atom. The number of hydrogen-bond donors (Lipinski definition) is 1. The molecule has 0 aliphatic carbocycles. The highest BCUT2D eigenvalue weighted by molar-refractivity contribution is 9.11. The number of carbonyl (C=O) groups is 1. The van der Waals surface area contributed by atoms with Crippen LogP contribution in [0.25, 0.3) is 0 Å². The number of nitrogens with zero attached hydrogens (tertiary/aromatic N) is 1. The first-order chi connectivity index (χ1) is 18.9. The Labute approximate surface area is 243 Å². The first kappa shape index (κ1) is 28.3. The molecular weight excluding hydrogens is 631 g/mol. The number of ether oxygens (including phenoxy) is 3. The van der Waals surface area contributed by atoms with Crippen molar-refractivity contribution >= 4 is 44.0 Å². The van der Waals surface area contributed by atoms with E-state index in [9.17, 15) is 9.18 Å². The molecule has 0 heterocycles. The smallest absolute Gasteiger partial charge is 0.271 e. The van der Waals surface area contributed by atoms with Gasteiger partial charge in [0.05, 0.1) is 17.3 Å². The van der Waals surface area contributed by atoms with Crippen molar-refractivity contribution in [3.63, 3.8) is 0 Å². The third-order valence-corrected chi connectivity index (χ3v) is 6.47. The van der Waals surface area contributed by atoms with Crippen molar-refractivity contribution in [3.05, 3.63) is 122 Å². The Kier molecular flexibility index (Phi) is 10.1. The van der Waals surface area contributed by atoms with Crippen molar-refractivity contribution in [2.75, 3.05) is 6.61 Å². The van der Waals surface area contributed by atoms with Gasteiger partial charge in [-0.1, -0.05) is 58.4 Å². The van der Waals surface area contributed by atoms with Gasteiger partial charge in [-0.25, -0.2) is 9.82 Å². The molecule has 200 valence electrons. The maximum atomic E-state index is 13.5. The lowest BCUT2D eigenvalue weighted by Gasteiger charge is -2.13. The molecule has 4 aromatic carbocycles. The van der Waals surface area contributed by atoms with E-state index in [0.29, 0.717) is 51.6 Å². The van der Waals surface area contributed by atoms with Gasteiger partial charge in [0.2, 0.25) is 0 Å². The zero-order valence-corrected chi connectivity index (χ0v) is 24.2. The molecule has 0 bridgehead atoms. The molecule has 0 radical (unpaired) electrons. The van der Waals surface area contributed by atoms with Crippen LogP contribution in [0.4, 0.5) is 4.39 Å². The zero-order chi connectivity index (χ0) is 27.6. The summed E-state index contributed by atoms with van der Waals surface area (Å²) in [5.41, 5.74) is 5.21. The molecule has 0 saturated carbocycles. The van der Waals surface area contributed by atoms with Crippen LogP contribution in [0, 0.1) is 5.82 Å². The van der Waals surface area contributed by atoms with Crippen molar-refractivity contribution in [3.8, 4) is 17.2 Å². The lowest BCUT2D eigenvalue weighted by atomic mass is 10.2. The van der Waals surface area contributed by atoms with E-state index < -0.39 is 5.91 Å². The third-order valence-electron chi connectivity index (χ3n) is 5.42. The van der Waals surface area contributed by atoms with Crippen LogP contribution in [0.5, 0.6) is 17.2 Å². The standard InChI is InChI=1S/C30H25Br2FN2O4/c1-2-37-28-15-22(11-12-27(28)38-18-20-7-4-3-5-8-20)30(36)35-34-17-23-14-24(31)16-26(32)29(23)39-19-21-9-6-10-25(33)13-21/h3-17H,2,18-19H2,1H3,(H,35,36)/b34-17+. The fourth-order valence-corrected chi connectivity index (χ4v) is 4.98. The lowest BCUT2D eigenvalue weighted by molar-refractivity contribution is 0.0954. The van der Waals surface area contributed by atoms with E-state index in [1.807, 2.05) is 43.3 Å². The Morgan fingerprint density at radius 3 is 2.41 bits per heavy atom. The molecule has 1 N–H and O–H groups in total. The topological polar surface area (TPSA) is 69.2 Å². The van der Waals surface area contributed by atoms with Crippen LogP contribution >= 0.6 is 31.9 Å². The summed E-state index contributed by atoms with van der Waals surface area (Å²) in [6.07, 6.45) is 1.48. The molecule has 0 unspecified atom stereocenters. The van der Waals surface area contributed by atoms with Gasteiger partial charge in [-0.3, -0.25) is 4.79 Å². The Bertz CT molecular complexity index is 1470. The third kappa shape index (κ3) is 8.15. The summed E-state index contributed by atoms with van der Waals surface area (Å²) in [7, 11) is 0. The second-order valence-corrected chi connectivity index (χ2v) is 10.1. The molecule has 0 saturated heterocycles. The van der Waals surface area contributed by atoms with Gasteiger partial charge in [0.15, 0.2) is 11.5 Å². The highest BCUT2D eigenvalue weighted by atomic mass is 79.9. The van der Waals surface area contributed by atoms with Gasteiger partial charge in [-0.15, -0.1) is 0 Å². The quantitative estimate of drug-likeness (QED) is 0.133. The fourth-order valence-electron chi connectivity index (χ4n) is 3.61. The van der Waals surface area contributed by atoms with E-state index in [4.69, 9.17) is 14.2 Å². The van der Waals surface area contributed by atoms with Crippen molar-refractivity contribution in [2.24, 2.45) is 5.10 Å². The molecule has 0 spiro atoms. The molecule has 0 atom stereocenters. The predicted octanol–water partition coefficient (Wildman–Crippen LogP) is 7.67. The average Bonchev–Trinajstić information content (AvgIpc) is 2.92. The van der Waals surface area contributed by atoms with Gasteiger partial charge in [-0.2, -0.15) is 5.10 Å². The number of benzene rings is 4. The number of rotatable bonds is 11. The number of nitrogens with one attached hydrogen (secondary N) is 1. The summed E-state index contributed by atoms with van der Waals surface area (Å²) in [4.78, 5) is 12.8. The van der Waals surface area contributed by atoms with Crippen LogP contribution in [0.2, 0.25) is 0 Å². The second kappa shape index (κ2) is 13.9. The number of amides is 1. The normalized spacial score (nSPS) is 10.9. The Morgan fingerprint density at radius 1 is 0.872 bits per heavy atom. The van der Waals surface area contributed by atoms with Crippen molar-refractivity contribution in [1.82, 2.24) is 5.43 Å². The number of hydrazone groups is 1. The Hall–Kier alpha value is -3.69. The van der Waals surface area contributed by atoms with Gasteiger partial charge in [-0.05, 0) is 76.4 Å². The van der Waals surface area contributed by atoms with Crippen LogP contribution in [0.15, 0.2) is 99.0 Å². The van der Waals surface area contributed by atoms with Crippen molar-refractivity contribution < 1.29 is 23.4 Å². The highest BCUT2D eigenvalue weighted by Crippen LogP contribution is 2.33. The maximum Gasteiger partial charge on any atom is 0.271 e. The minimum Gasteiger partial charge on any atom is -0.490 e. The number of hydrogen-bond acceptors (Lipinski definition) is 5. The maximum absolute atomic E-state index is 13.5. The van der Waals surface area contributed by atoms with Gasteiger partial charge >= 0.3 is 0 Å². The Balaban J connectivity index is 1.45. The van der Waals surface area contributed by atoms with Gasteiger partial charge in [0, 0.05) is 15.6 Å². The van der Waals surface area contributed by atoms with E-state index in [1.165, 1.54) is 18.3 Å². The highest BCUT2D eigenvalue weighted by Gasteiger charge is 2.13.